The van der Waals surface area contributed by atoms with Gasteiger partial charge in [-0.1, -0.05) is 72.5 Å². The standard InChI is InChI=1S/C18H20O2Si/c1-20-18(19)16-11-9-15(10-12-16)13-14-21(2,3)17-7-5-4-6-8-17/h4-14H,1-3H3/b14-13-. The van der Waals surface area contributed by atoms with Crippen molar-refractivity contribution >= 4 is 25.3 Å². The quantitative estimate of drug-likeness (QED) is 0.636. The summed E-state index contributed by atoms with van der Waals surface area (Å²) in [5.41, 5.74) is 3.99. The van der Waals surface area contributed by atoms with Crippen molar-refractivity contribution < 1.29 is 9.53 Å². The van der Waals surface area contributed by atoms with Crippen LogP contribution in [0.3, 0.4) is 0 Å². The molecule has 21 heavy (non-hydrogen) atoms. The van der Waals surface area contributed by atoms with Crippen LogP contribution < -0.4 is 5.19 Å². The lowest BCUT2D eigenvalue weighted by atomic mass is 10.1. The molecular formula is C18H20O2Si. The zero-order valence-electron chi connectivity index (χ0n) is 12.7. The predicted molar refractivity (Wildman–Crippen MR) is 90.4 cm³/mol. The minimum absolute atomic E-state index is 0.301. The molecule has 2 nitrogen and oxygen atoms in total. The first-order chi connectivity index (χ1) is 10.0. The van der Waals surface area contributed by atoms with Crippen molar-refractivity contribution in [2.45, 2.75) is 13.1 Å². The van der Waals surface area contributed by atoms with Crippen molar-refractivity contribution in [3.8, 4) is 0 Å². The fourth-order valence-corrected chi connectivity index (χ4v) is 3.97. The Labute approximate surface area is 127 Å². The van der Waals surface area contributed by atoms with Gasteiger partial charge in [0.1, 0.15) is 8.07 Å². The summed E-state index contributed by atoms with van der Waals surface area (Å²) < 4.78 is 4.70. The highest BCUT2D eigenvalue weighted by Crippen LogP contribution is 2.11. The normalized spacial score (nSPS) is 11.6. The maximum Gasteiger partial charge on any atom is 0.337 e. The van der Waals surface area contributed by atoms with Gasteiger partial charge < -0.3 is 4.74 Å². The third kappa shape index (κ3) is 3.92. The molecule has 0 spiro atoms. The largest absolute Gasteiger partial charge is 0.465 e. The highest BCUT2D eigenvalue weighted by atomic mass is 28.3. The van der Waals surface area contributed by atoms with Crippen LogP contribution in [0.1, 0.15) is 15.9 Å². The molecule has 0 aliphatic carbocycles. The molecule has 0 saturated carbocycles. The second-order valence-electron chi connectivity index (χ2n) is 5.53. The molecule has 0 heterocycles. The number of hydrogen-bond acceptors (Lipinski definition) is 2. The molecule has 2 aromatic rings. The Morgan fingerprint density at radius 3 is 2.19 bits per heavy atom. The number of carbonyl (C=O) groups excluding carboxylic acids is 1. The number of ether oxygens (including phenoxy) is 1. The number of hydrogen-bond donors (Lipinski definition) is 0. The molecule has 2 aromatic carbocycles. The first-order valence-electron chi connectivity index (χ1n) is 6.96. The summed E-state index contributed by atoms with van der Waals surface area (Å²) in [6, 6.07) is 18.1. The van der Waals surface area contributed by atoms with E-state index in [1.165, 1.54) is 12.3 Å². The SMILES string of the molecule is COC(=O)c1ccc(/C=C\[Si](C)(C)c2ccccc2)cc1. The molecule has 0 aliphatic rings. The summed E-state index contributed by atoms with van der Waals surface area (Å²) in [7, 11) is -0.184. The molecule has 0 unspecified atom stereocenters. The number of benzene rings is 2. The Bertz CT molecular complexity index is 628. The molecule has 0 aliphatic heterocycles. The predicted octanol–water partition coefficient (Wildman–Crippen LogP) is 3.64. The zero-order valence-corrected chi connectivity index (χ0v) is 13.7. The molecule has 0 atom stereocenters. The summed E-state index contributed by atoms with van der Waals surface area (Å²) in [5, 5.41) is 1.41. The van der Waals surface area contributed by atoms with Gasteiger partial charge in [-0.25, -0.2) is 4.79 Å². The third-order valence-corrected chi connectivity index (χ3v) is 6.36. The van der Waals surface area contributed by atoms with Crippen LogP contribution in [0.25, 0.3) is 6.08 Å². The Morgan fingerprint density at radius 2 is 1.62 bits per heavy atom. The van der Waals surface area contributed by atoms with E-state index in [1.807, 2.05) is 18.2 Å². The van der Waals surface area contributed by atoms with Crippen LogP contribution in [-0.4, -0.2) is 21.2 Å². The van der Waals surface area contributed by atoms with Crippen molar-refractivity contribution in [3.63, 3.8) is 0 Å². The van der Waals surface area contributed by atoms with Crippen LogP contribution >= 0.6 is 0 Å². The van der Waals surface area contributed by atoms with Gasteiger partial charge in [0.05, 0.1) is 12.7 Å². The lowest BCUT2D eigenvalue weighted by Crippen LogP contribution is -2.39. The average Bonchev–Trinajstić information content (AvgIpc) is 2.53. The van der Waals surface area contributed by atoms with Crippen molar-refractivity contribution in [2.75, 3.05) is 7.11 Å². The molecule has 108 valence electrons. The molecule has 2 rings (SSSR count). The summed E-state index contributed by atoms with van der Waals surface area (Å²) in [5.74, 6) is -0.301. The van der Waals surface area contributed by atoms with E-state index < -0.39 is 8.07 Å². The van der Waals surface area contributed by atoms with E-state index in [-0.39, 0.29) is 5.97 Å². The third-order valence-electron chi connectivity index (χ3n) is 3.54. The van der Waals surface area contributed by atoms with Gasteiger partial charge in [0.25, 0.3) is 0 Å². The Balaban J connectivity index is 2.15. The van der Waals surface area contributed by atoms with E-state index in [1.54, 1.807) is 12.1 Å². The Morgan fingerprint density at radius 1 is 1.00 bits per heavy atom. The summed E-state index contributed by atoms with van der Waals surface area (Å²) in [6.07, 6.45) is 2.14. The second kappa shape index (κ2) is 6.55. The van der Waals surface area contributed by atoms with E-state index in [0.717, 1.165) is 5.56 Å². The summed E-state index contributed by atoms with van der Waals surface area (Å²) in [4.78, 5) is 11.4. The van der Waals surface area contributed by atoms with Crippen LogP contribution in [0.5, 0.6) is 0 Å². The van der Waals surface area contributed by atoms with Gasteiger partial charge in [0.2, 0.25) is 0 Å². The number of methoxy groups -OCH3 is 1. The maximum absolute atomic E-state index is 11.4. The lowest BCUT2D eigenvalue weighted by Gasteiger charge is -2.18. The van der Waals surface area contributed by atoms with E-state index in [2.05, 4.69) is 49.1 Å². The zero-order chi connectivity index (χ0) is 15.3. The van der Waals surface area contributed by atoms with E-state index >= 15 is 0 Å². The van der Waals surface area contributed by atoms with Crippen LogP contribution in [0.4, 0.5) is 0 Å². The van der Waals surface area contributed by atoms with Crippen LogP contribution in [0.15, 0.2) is 60.3 Å². The van der Waals surface area contributed by atoms with E-state index in [4.69, 9.17) is 4.74 Å². The molecule has 0 N–H and O–H groups in total. The summed E-state index contributed by atoms with van der Waals surface area (Å²) in [6.45, 7) is 4.64. The Hall–Kier alpha value is -2.13. The summed E-state index contributed by atoms with van der Waals surface area (Å²) >= 11 is 0. The maximum atomic E-state index is 11.4. The first-order valence-corrected chi connectivity index (χ1v) is 10.0. The highest BCUT2D eigenvalue weighted by molar-refractivity contribution is 6.94. The van der Waals surface area contributed by atoms with Crippen LogP contribution in [0, 0.1) is 0 Å². The molecule has 0 amide bonds. The molecular weight excluding hydrogens is 276 g/mol. The minimum Gasteiger partial charge on any atom is -0.465 e. The fraction of sp³-hybridized carbons (Fsp3) is 0.167. The monoisotopic (exact) mass is 296 g/mol. The second-order valence-corrected chi connectivity index (χ2v) is 9.89. The number of esters is 1. The topological polar surface area (TPSA) is 26.3 Å². The molecule has 3 heteroatoms. The van der Waals surface area contributed by atoms with Gasteiger partial charge in [-0.15, -0.1) is 0 Å². The van der Waals surface area contributed by atoms with Gasteiger partial charge in [-0.05, 0) is 17.7 Å². The number of carbonyl (C=O) groups is 1. The lowest BCUT2D eigenvalue weighted by molar-refractivity contribution is 0.0601. The van der Waals surface area contributed by atoms with Gasteiger partial charge in [0.15, 0.2) is 0 Å². The smallest absolute Gasteiger partial charge is 0.337 e. The van der Waals surface area contributed by atoms with E-state index in [0.29, 0.717) is 5.56 Å². The van der Waals surface area contributed by atoms with E-state index in [9.17, 15) is 4.79 Å². The van der Waals surface area contributed by atoms with Crippen molar-refractivity contribution in [1.29, 1.82) is 0 Å². The van der Waals surface area contributed by atoms with Gasteiger partial charge in [-0.3, -0.25) is 0 Å². The van der Waals surface area contributed by atoms with Crippen LogP contribution in [0.2, 0.25) is 13.1 Å². The molecule has 0 bridgehead atoms. The van der Waals surface area contributed by atoms with Crippen molar-refractivity contribution in [2.24, 2.45) is 0 Å². The van der Waals surface area contributed by atoms with Gasteiger partial charge in [-0.2, -0.15) is 0 Å². The Kier molecular flexibility index (Phi) is 4.76. The van der Waals surface area contributed by atoms with Gasteiger partial charge >= 0.3 is 5.97 Å². The minimum atomic E-state index is -1.58. The fourth-order valence-electron chi connectivity index (χ4n) is 2.12. The highest BCUT2D eigenvalue weighted by Gasteiger charge is 2.18. The van der Waals surface area contributed by atoms with Crippen LogP contribution in [-0.2, 0) is 4.74 Å². The first kappa shape index (κ1) is 15.3. The molecule has 0 aromatic heterocycles. The average molecular weight is 296 g/mol. The molecule has 0 radical (unpaired) electrons. The van der Waals surface area contributed by atoms with Gasteiger partial charge in [0, 0.05) is 0 Å². The van der Waals surface area contributed by atoms with Crippen molar-refractivity contribution in [3.05, 3.63) is 71.4 Å². The van der Waals surface area contributed by atoms with Crippen molar-refractivity contribution in [1.82, 2.24) is 0 Å². The number of rotatable bonds is 4. The molecule has 0 fully saturated rings. The molecule has 0 saturated heterocycles.